The standard InChI is InChI=1S/C14H17N3O2S/c15-6-3-13(18)17-7-4-11(5-8-17)10-16-14(19)12-2-1-9-20-12/h1-2,9,11H,3-5,7-8,10H2,(H,16,19). The Morgan fingerprint density at radius 2 is 2.20 bits per heavy atom. The summed E-state index contributed by atoms with van der Waals surface area (Å²) in [5, 5.41) is 13.3. The van der Waals surface area contributed by atoms with E-state index >= 15 is 0 Å². The van der Waals surface area contributed by atoms with Gasteiger partial charge < -0.3 is 10.2 Å². The Kier molecular flexibility index (Phi) is 5.13. The quantitative estimate of drug-likeness (QED) is 0.916. The molecule has 2 rings (SSSR count). The molecule has 5 nitrogen and oxygen atoms in total. The van der Waals surface area contributed by atoms with Crippen LogP contribution in [0.2, 0.25) is 0 Å². The lowest BCUT2D eigenvalue weighted by Gasteiger charge is -2.31. The maximum Gasteiger partial charge on any atom is 0.261 e. The van der Waals surface area contributed by atoms with Crippen molar-refractivity contribution in [1.82, 2.24) is 10.2 Å². The third-order valence-electron chi connectivity index (χ3n) is 3.49. The van der Waals surface area contributed by atoms with E-state index in [-0.39, 0.29) is 18.2 Å². The van der Waals surface area contributed by atoms with E-state index in [1.54, 1.807) is 4.90 Å². The lowest BCUT2D eigenvalue weighted by Crippen LogP contribution is -2.41. The van der Waals surface area contributed by atoms with Gasteiger partial charge in [-0.05, 0) is 30.2 Å². The number of nitriles is 1. The van der Waals surface area contributed by atoms with Gasteiger partial charge in [-0.15, -0.1) is 11.3 Å². The van der Waals surface area contributed by atoms with E-state index in [9.17, 15) is 9.59 Å². The zero-order valence-electron chi connectivity index (χ0n) is 11.2. The first-order valence-corrected chi connectivity index (χ1v) is 7.55. The van der Waals surface area contributed by atoms with E-state index in [4.69, 9.17) is 5.26 Å². The van der Waals surface area contributed by atoms with Crippen LogP contribution in [0.15, 0.2) is 17.5 Å². The van der Waals surface area contributed by atoms with Crippen LogP contribution in [0, 0.1) is 17.2 Å². The minimum Gasteiger partial charge on any atom is -0.351 e. The summed E-state index contributed by atoms with van der Waals surface area (Å²) in [6.45, 7) is 2.01. The molecule has 0 unspecified atom stereocenters. The molecule has 6 heteroatoms. The van der Waals surface area contributed by atoms with Gasteiger partial charge in [-0.3, -0.25) is 9.59 Å². The SMILES string of the molecule is N#CCC(=O)N1CCC(CNC(=O)c2cccs2)CC1. The molecule has 0 aliphatic carbocycles. The van der Waals surface area contributed by atoms with Crippen LogP contribution >= 0.6 is 11.3 Å². The predicted octanol–water partition coefficient (Wildman–Crippen LogP) is 1.63. The van der Waals surface area contributed by atoms with Gasteiger partial charge in [0, 0.05) is 19.6 Å². The highest BCUT2D eigenvalue weighted by atomic mass is 32.1. The number of rotatable bonds is 4. The molecule has 20 heavy (non-hydrogen) atoms. The molecule has 1 saturated heterocycles. The summed E-state index contributed by atoms with van der Waals surface area (Å²) in [6, 6.07) is 5.55. The number of carbonyl (C=O) groups is 2. The van der Waals surface area contributed by atoms with Gasteiger partial charge in [0.05, 0.1) is 10.9 Å². The lowest BCUT2D eigenvalue weighted by atomic mass is 9.96. The number of piperidine rings is 1. The van der Waals surface area contributed by atoms with Crippen molar-refractivity contribution in [2.75, 3.05) is 19.6 Å². The van der Waals surface area contributed by atoms with Crippen LogP contribution in [0.5, 0.6) is 0 Å². The monoisotopic (exact) mass is 291 g/mol. The van der Waals surface area contributed by atoms with Crippen molar-refractivity contribution in [3.05, 3.63) is 22.4 Å². The molecule has 0 bridgehead atoms. The van der Waals surface area contributed by atoms with Crippen molar-refractivity contribution >= 4 is 23.2 Å². The number of likely N-dealkylation sites (tertiary alicyclic amines) is 1. The van der Waals surface area contributed by atoms with Gasteiger partial charge >= 0.3 is 0 Å². The first-order chi connectivity index (χ1) is 9.70. The Morgan fingerprint density at radius 1 is 1.45 bits per heavy atom. The highest BCUT2D eigenvalue weighted by Gasteiger charge is 2.22. The van der Waals surface area contributed by atoms with Crippen molar-refractivity contribution in [3.63, 3.8) is 0 Å². The molecule has 2 amide bonds. The van der Waals surface area contributed by atoms with Crippen LogP contribution in [-0.2, 0) is 4.79 Å². The zero-order chi connectivity index (χ0) is 14.4. The van der Waals surface area contributed by atoms with Gasteiger partial charge in [0.1, 0.15) is 6.42 Å². The molecule has 0 aromatic carbocycles. The number of hydrogen-bond acceptors (Lipinski definition) is 4. The molecule has 0 atom stereocenters. The molecule has 1 aromatic rings. The molecule has 1 aromatic heterocycles. The van der Waals surface area contributed by atoms with E-state index in [1.165, 1.54) is 11.3 Å². The maximum absolute atomic E-state index is 11.8. The fraction of sp³-hybridized carbons (Fsp3) is 0.500. The average Bonchev–Trinajstić information content (AvgIpc) is 3.00. The fourth-order valence-electron chi connectivity index (χ4n) is 2.30. The minimum atomic E-state index is -0.0893. The van der Waals surface area contributed by atoms with Crippen LogP contribution < -0.4 is 5.32 Å². The molecule has 1 aliphatic rings. The Balaban J connectivity index is 1.71. The molecule has 2 heterocycles. The molecule has 1 aliphatic heterocycles. The third-order valence-corrected chi connectivity index (χ3v) is 4.36. The van der Waals surface area contributed by atoms with Gasteiger partial charge in [0.15, 0.2) is 0 Å². The first-order valence-electron chi connectivity index (χ1n) is 6.67. The molecular weight excluding hydrogens is 274 g/mol. The van der Waals surface area contributed by atoms with Crippen molar-refractivity contribution in [1.29, 1.82) is 5.26 Å². The number of hydrogen-bond donors (Lipinski definition) is 1. The van der Waals surface area contributed by atoms with Crippen LogP contribution in [-0.4, -0.2) is 36.3 Å². The summed E-state index contributed by atoms with van der Waals surface area (Å²) in [4.78, 5) is 25.8. The average molecular weight is 291 g/mol. The largest absolute Gasteiger partial charge is 0.351 e. The van der Waals surface area contributed by atoms with E-state index in [0.717, 1.165) is 17.7 Å². The fourth-order valence-corrected chi connectivity index (χ4v) is 2.94. The van der Waals surface area contributed by atoms with Gasteiger partial charge in [-0.2, -0.15) is 5.26 Å². The molecule has 0 radical (unpaired) electrons. The molecule has 0 saturated carbocycles. The second-order valence-corrected chi connectivity index (χ2v) is 5.79. The van der Waals surface area contributed by atoms with Gasteiger partial charge in [-0.1, -0.05) is 6.07 Å². The van der Waals surface area contributed by atoms with Crippen molar-refractivity contribution < 1.29 is 9.59 Å². The van der Waals surface area contributed by atoms with E-state index < -0.39 is 0 Å². The minimum absolute atomic E-state index is 0.0250. The van der Waals surface area contributed by atoms with Crippen LogP contribution in [0.1, 0.15) is 28.9 Å². The summed E-state index contributed by atoms with van der Waals surface area (Å²) in [5.74, 6) is 0.293. The highest BCUT2D eigenvalue weighted by Crippen LogP contribution is 2.17. The predicted molar refractivity (Wildman–Crippen MR) is 76.2 cm³/mol. The molecule has 1 N–H and O–H groups in total. The summed E-state index contributed by atoms with van der Waals surface area (Å²) in [5.41, 5.74) is 0. The molecule has 0 spiro atoms. The van der Waals surface area contributed by atoms with Crippen molar-refractivity contribution in [3.8, 4) is 6.07 Å². The number of amides is 2. The molecular formula is C14H17N3O2S. The lowest BCUT2D eigenvalue weighted by molar-refractivity contribution is -0.131. The Morgan fingerprint density at radius 3 is 2.80 bits per heavy atom. The number of thiophene rings is 1. The molecule has 1 fully saturated rings. The second kappa shape index (κ2) is 7.06. The molecule has 106 valence electrons. The Labute approximate surface area is 122 Å². The van der Waals surface area contributed by atoms with Crippen LogP contribution in [0.4, 0.5) is 0 Å². The first kappa shape index (κ1) is 14.5. The summed E-state index contributed by atoms with van der Waals surface area (Å²) in [7, 11) is 0. The number of carbonyl (C=O) groups excluding carboxylic acids is 2. The van der Waals surface area contributed by atoms with Gasteiger partial charge in [-0.25, -0.2) is 0 Å². The van der Waals surface area contributed by atoms with Crippen LogP contribution in [0.3, 0.4) is 0 Å². The van der Waals surface area contributed by atoms with Gasteiger partial charge in [0.2, 0.25) is 5.91 Å². The second-order valence-electron chi connectivity index (χ2n) is 4.85. The zero-order valence-corrected chi connectivity index (χ0v) is 12.0. The summed E-state index contributed by atoms with van der Waals surface area (Å²) >= 11 is 1.43. The van der Waals surface area contributed by atoms with Crippen molar-refractivity contribution in [2.24, 2.45) is 5.92 Å². The maximum atomic E-state index is 11.8. The summed E-state index contributed by atoms with van der Waals surface area (Å²) in [6.07, 6.45) is 1.71. The summed E-state index contributed by atoms with van der Waals surface area (Å²) < 4.78 is 0. The van der Waals surface area contributed by atoms with Crippen LogP contribution in [0.25, 0.3) is 0 Å². The topological polar surface area (TPSA) is 73.2 Å². The van der Waals surface area contributed by atoms with Gasteiger partial charge in [0.25, 0.3) is 5.91 Å². The van der Waals surface area contributed by atoms with E-state index in [2.05, 4.69) is 5.32 Å². The van der Waals surface area contributed by atoms with E-state index in [0.29, 0.717) is 25.6 Å². The normalized spacial score (nSPS) is 15.7. The Bertz CT molecular complexity index is 499. The van der Waals surface area contributed by atoms with E-state index in [1.807, 2.05) is 23.6 Å². The number of nitrogens with zero attached hydrogens (tertiary/aromatic N) is 2. The van der Waals surface area contributed by atoms with Crippen molar-refractivity contribution in [2.45, 2.75) is 19.3 Å². The number of nitrogens with one attached hydrogen (secondary N) is 1. The smallest absolute Gasteiger partial charge is 0.261 e. The Hall–Kier alpha value is -1.87. The third kappa shape index (κ3) is 3.81. The highest BCUT2D eigenvalue weighted by molar-refractivity contribution is 7.12.